The van der Waals surface area contributed by atoms with Crippen molar-refractivity contribution in [1.29, 1.82) is 0 Å². The van der Waals surface area contributed by atoms with Crippen LogP contribution in [0.3, 0.4) is 0 Å². The summed E-state index contributed by atoms with van der Waals surface area (Å²) in [4.78, 5) is 23.9. The van der Waals surface area contributed by atoms with Crippen molar-refractivity contribution in [3.05, 3.63) is 11.1 Å². The molecule has 1 heterocycles. The minimum atomic E-state index is -0.0737. The Morgan fingerprint density at radius 1 is 1.22 bits per heavy atom. The number of esters is 1. The van der Waals surface area contributed by atoms with E-state index in [9.17, 15) is 9.59 Å². The van der Waals surface area contributed by atoms with Crippen LogP contribution in [0.5, 0.6) is 0 Å². The van der Waals surface area contributed by atoms with Gasteiger partial charge in [-0.25, -0.2) is 0 Å². The van der Waals surface area contributed by atoms with Crippen molar-refractivity contribution < 1.29 is 14.3 Å². The molecule has 2 fully saturated rings. The SMILES string of the molecule is CC1=C2C(=O)CC(C)C2[C@H]2OC(=O)[C@@H](C)C2CC1. The molecule has 2 aliphatic carbocycles. The maximum atomic E-state index is 12.1. The second-order valence-electron chi connectivity index (χ2n) is 6.22. The fourth-order valence-corrected chi connectivity index (χ4v) is 4.07. The Labute approximate surface area is 108 Å². The zero-order chi connectivity index (χ0) is 13.0. The third-order valence-electron chi connectivity index (χ3n) is 5.11. The highest BCUT2D eigenvalue weighted by atomic mass is 16.6. The quantitative estimate of drug-likeness (QED) is 0.619. The summed E-state index contributed by atoms with van der Waals surface area (Å²) in [5, 5.41) is 0. The van der Waals surface area contributed by atoms with E-state index in [1.807, 2.05) is 6.92 Å². The maximum Gasteiger partial charge on any atom is 0.309 e. The summed E-state index contributed by atoms with van der Waals surface area (Å²) in [6.45, 7) is 6.16. The molecule has 0 spiro atoms. The van der Waals surface area contributed by atoms with Gasteiger partial charge in [0.25, 0.3) is 0 Å². The molecule has 3 nitrogen and oxygen atoms in total. The summed E-state index contributed by atoms with van der Waals surface area (Å²) in [5.74, 6) is 0.954. The standard InChI is InChI=1S/C15H20O3/c1-7-4-5-10-9(3)15(17)18-14(10)13-8(2)6-11(16)12(7)13/h8-10,13-14H,4-6H2,1-3H3/t8?,9-,10?,13?,14-/m0/s1. The molecule has 0 amide bonds. The fourth-order valence-electron chi connectivity index (χ4n) is 4.07. The summed E-state index contributed by atoms with van der Waals surface area (Å²) < 4.78 is 5.61. The molecule has 3 rings (SSSR count). The number of hydrogen-bond donors (Lipinski definition) is 0. The normalized spacial score (nSPS) is 43.6. The number of carbonyl (C=O) groups excluding carboxylic acids is 2. The Morgan fingerprint density at radius 2 is 1.94 bits per heavy atom. The average Bonchev–Trinajstić information content (AvgIpc) is 2.68. The van der Waals surface area contributed by atoms with Crippen LogP contribution >= 0.6 is 0 Å². The molecule has 0 aromatic heterocycles. The van der Waals surface area contributed by atoms with Crippen LogP contribution in [0, 0.1) is 23.7 Å². The first-order valence-corrected chi connectivity index (χ1v) is 6.94. The van der Waals surface area contributed by atoms with Crippen molar-refractivity contribution in [2.24, 2.45) is 23.7 Å². The first kappa shape index (κ1) is 11.9. The lowest BCUT2D eigenvalue weighted by atomic mass is 9.80. The van der Waals surface area contributed by atoms with E-state index < -0.39 is 0 Å². The van der Waals surface area contributed by atoms with Gasteiger partial charge in [0.1, 0.15) is 6.10 Å². The number of ether oxygens (including phenoxy) is 1. The number of rotatable bonds is 0. The van der Waals surface area contributed by atoms with E-state index in [4.69, 9.17) is 4.74 Å². The van der Waals surface area contributed by atoms with E-state index in [2.05, 4.69) is 13.8 Å². The molecular formula is C15H20O3. The predicted octanol–water partition coefficient (Wildman–Crippen LogP) is 2.50. The molecule has 1 aliphatic heterocycles. The third kappa shape index (κ3) is 1.49. The van der Waals surface area contributed by atoms with Crippen LogP contribution in [0.2, 0.25) is 0 Å². The van der Waals surface area contributed by atoms with Gasteiger partial charge in [-0.05, 0) is 25.7 Å². The molecule has 0 N–H and O–H groups in total. The van der Waals surface area contributed by atoms with Gasteiger partial charge in [0.05, 0.1) is 5.92 Å². The van der Waals surface area contributed by atoms with Crippen molar-refractivity contribution in [1.82, 2.24) is 0 Å². The summed E-state index contributed by atoms with van der Waals surface area (Å²) in [6, 6.07) is 0. The Bertz CT molecular complexity index is 449. The monoisotopic (exact) mass is 248 g/mol. The molecule has 18 heavy (non-hydrogen) atoms. The second-order valence-corrected chi connectivity index (χ2v) is 6.22. The Balaban J connectivity index is 2.04. The maximum absolute atomic E-state index is 12.1. The van der Waals surface area contributed by atoms with Crippen LogP contribution < -0.4 is 0 Å². The lowest BCUT2D eigenvalue weighted by Crippen LogP contribution is -2.29. The van der Waals surface area contributed by atoms with Crippen LogP contribution in [-0.4, -0.2) is 17.9 Å². The number of carbonyl (C=O) groups is 2. The lowest BCUT2D eigenvalue weighted by Gasteiger charge is -2.26. The molecule has 0 bridgehead atoms. The Morgan fingerprint density at radius 3 is 2.67 bits per heavy atom. The van der Waals surface area contributed by atoms with Crippen molar-refractivity contribution in [3.63, 3.8) is 0 Å². The highest BCUT2D eigenvalue weighted by molar-refractivity contribution is 5.99. The third-order valence-corrected chi connectivity index (χ3v) is 5.11. The van der Waals surface area contributed by atoms with Crippen LogP contribution in [0.25, 0.3) is 0 Å². The zero-order valence-corrected chi connectivity index (χ0v) is 11.2. The van der Waals surface area contributed by atoms with Gasteiger partial charge in [-0.3, -0.25) is 9.59 Å². The van der Waals surface area contributed by atoms with E-state index in [0.717, 1.165) is 18.4 Å². The average molecular weight is 248 g/mol. The van der Waals surface area contributed by atoms with Crippen molar-refractivity contribution in [3.8, 4) is 0 Å². The summed E-state index contributed by atoms with van der Waals surface area (Å²) in [6.07, 6.45) is 2.48. The Hall–Kier alpha value is -1.12. The van der Waals surface area contributed by atoms with Gasteiger partial charge in [-0.15, -0.1) is 0 Å². The summed E-state index contributed by atoms with van der Waals surface area (Å²) >= 11 is 0. The molecule has 0 aromatic carbocycles. The summed E-state index contributed by atoms with van der Waals surface area (Å²) in [5.41, 5.74) is 2.21. The predicted molar refractivity (Wildman–Crippen MR) is 66.7 cm³/mol. The van der Waals surface area contributed by atoms with Crippen LogP contribution in [-0.2, 0) is 14.3 Å². The number of ketones is 1. The second kappa shape index (κ2) is 3.94. The van der Waals surface area contributed by atoms with Gasteiger partial charge >= 0.3 is 5.97 Å². The number of allylic oxidation sites excluding steroid dienone is 1. The van der Waals surface area contributed by atoms with Crippen molar-refractivity contribution in [2.75, 3.05) is 0 Å². The molecule has 0 radical (unpaired) electrons. The van der Waals surface area contributed by atoms with Crippen molar-refractivity contribution in [2.45, 2.75) is 46.1 Å². The molecule has 98 valence electrons. The first-order valence-electron chi connectivity index (χ1n) is 6.94. The van der Waals surface area contributed by atoms with Crippen LogP contribution in [0.1, 0.15) is 40.0 Å². The van der Waals surface area contributed by atoms with Crippen LogP contribution in [0.15, 0.2) is 11.1 Å². The Kier molecular flexibility index (Phi) is 2.61. The molecule has 3 aliphatic rings. The topological polar surface area (TPSA) is 43.4 Å². The van der Waals surface area contributed by atoms with Gasteiger partial charge in [0.2, 0.25) is 0 Å². The highest BCUT2D eigenvalue weighted by Gasteiger charge is 2.52. The van der Waals surface area contributed by atoms with E-state index in [0.29, 0.717) is 18.3 Å². The molecular weight excluding hydrogens is 228 g/mol. The highest BCUT2D eigenvalue weighted by Crippen LogP contribution is 2.49. The minimum Gasteiger partial charge on any atom is -0.461 e. The van der Waals surface area contributed by atoms with E-state index in [-0.39, 0.29) is 29.7 Å². The number of fused-ring (bicyclic) bond motifs is 3. The van der Waals surface area contributed by atoms with Gasteiger partial charge in [-0.1, -0.05) is 19.4 Å². The molecule has 1 saturated carbocycles. The van der Waals surface area contributed by atoms with Gasteiger partial charge in [-0.2, -0.15) is 0 Å². The van der Waals surface area contributed by atoms with Crippen molar-refractivity contribution >= 4 is 11.8 Å². The van der Waals surface area contributed by atoms with E-state index in [1.165, 1.54) is 5.57 Å². The molecule has 3 unspecified atom stereocenters. The number of Topliss-reactive ketones (excluding diaryl/α,β-unsaturated/α-hetero) is 1. The fraction of sp³-hybridized carbons (Fsp3) is 0.733. The van der Waals surface area contributed by atoms with E-state index >= 15 is 0 Å². The van der Waals surface area contributed by atoms with Crippen LogP contribution in [0.4, 0.5) is 0 Å². The molecule has 3 heteroatoms. The summed E-state index contributed by atoms with van der Waals surface area (Å²) in [7, 11) is 0. The lowest BCUT2D eigenvalue weighted by molar-refractivity contribution is -0.145. The smallest absolute Gasteiger partial charge is 0.309 e. The zero-order valence-electron chi connectivity index (χ0n) is 11.2. The first-order chi connectivity index (χ1) is 8.50. The van der Waals surface area contributed by atoms with Gasteiger partial charge in [0, 0.05) is 23.8 Å². The van der Waals surface area contributed by atoms with E-state index in [1.54, 1.807) is 0 Å². The minimum absolute atomic E-state index is 0.00921. The largest absolute Gasteiger partial charge is 0.461 e. The molecule has 0 aromatic rings. The molecule has 5 atom stereocenters. The number of hydrogen-bond acceptors (Lipinski definition) is 3. The molecule has 1 saturated heterocycles. The van der Waals surface area contributed by atoms with Gasteiger partial charge < -0.3 is 4.74 Å². The van der Waals surface area contributed by atoms with Gasteiger partial charge in [0.15, 0.2) is 5.78 Å².